The summed E-state index contributed by atoms with van der Waals surface area (Å²) in [6, 6.07) is 29.2. The zero-order valence-corrected chi connectivity index (χ0v) is 18.0. The van der Waals surface area contributed by atoms with Crippen molar-refractivity contribution in [3.05, 3.63) is 102 Å². The van der Waals surface area contributed by atoms with Crippen molar-refractivity contribution in [2.75, 3.05) is 0 Å². The highest BCUT2D eigenvalue weighted by Gasteiger charge is 2.52. The Hall–Kier alpha value is -2.39. The fourth-order valence-electron chi connectivity index (χ4n) is 5.35. The zero-order chi connectivity index (χ0) is 20.6. The average molecular weight is 417 g/mol. The third-order valence-corrected chi connectivity index (χ3v) is 9.25. The van der Waals surface area contributed by atoms with Crippen molar-refractivity contribution in [3.63, 3.8) is 0 Å². The van der Waals surface area contributed by atoms with Crippen molar-refractivity contribution >= 4 is 9.84 Å². The fraction of sp³-hybridized carbons (Fsp3) is 0.333. The Morgan fingerprint density at radius 2 is 0.967 bits per heavy atom. The van der Waals surface area contributed by atoms with Crippen LogP contribution in [0.3, 0.4) is 0 Å². The summed E-state index contributed by atoms with van der Waals surface area (Å²) in [5.41, 5.74) is 3.95. The second-order valence-electron chi connectivity index (χ2n) is 8.77. The Morgan fingerprint density at radius 3 is 1.43 bits per heavy atom. The molecule has 5 rings (SSSR count). The van der Waals surface area contributed by atoms with Gasteiger partial charge in [-0.2, -0.15) is 0 Å². The molecule has 30 heavy (non-hydrogen) atoms. The lowest BCUT2D eigenvalue weighted by atomic mass is 10.0. The molecule has 0 heterocycles. The predicted molar refractivity (Wildman–Crippen MR) is 122 cm³/mol. The highest BCUT2D eigenvalue weighted by Crippen LogP contribution is 2.66. The molecule has 0 N–H and O–H groups in total. The molecule has 2 saturated carbocycles. The van der Waals surface area contributed by atoms with Gasteiger partial charge in [-0.05, 0) is 59.4 Å². The Balaban J connectivity index is 1.44. The molecule has 2 aliphatic carbocycles. The quantitative estimate of drug-likeness (QED) is 0.478. The van der Waals surface area contributed by atoms with Crippen LogP contribution in [0.2, 0.25) is 0 Å². The van der Waals surface area contributed by atoms with Gasteiger partial charge in [-0.15, -0.1) is 0 Å². The van der Waals surface area contributed by atoms with E-state index < -0.39 is 9.84 Å². The van der Waals surface area contributed by atoms with Crippen LogP contribution >= 0.6 is 0 Å². The number of hydrogen-bond acceptors (Lipinski definition) is 2. The summed E-state index contributed by atoms with van der Waals surface area (Å²) in [7, 11) is -3.22. The molecule has 0 aliphatic heterocycles. The van der Waals surface area contributed by atoms with Crippen LogP contribution in [0.5, 0.6) is 0 Å². The first-order valence-corrected chi connectivity index (χ1v) is 12.6. The van der Waals surface area contributed by atoms with E-state index in [9.17, 15) is 8.42 Å². The third kappa shape index (κ3) is 3.60. The second-order valence-corrected chi connectivity index (χ2v) is 11.0. The highest BCUT2D eigenvalue weighted by molar-refractivity contribution is 7.92. The van der Waals surface area contributed by atoms with Gasteiger partial charge < -0.3 is 0 Å². The van der Waals surface area contributed by atoms with Gasteiger partial charge in [-0.25, -0.2) is 8.42 Å². The molecule has 3 aromatic rings. The first-order valence-electron chi connectivity index (χ1n) is 11.1. The van der Waals surface area contributed by atoms with E-state index >= 15 is 0 Å². The van der Waals surface area contributed by atoms with Crippen molar-refractivity contribution in [2.45, 2.75) is 60.0 Å². The molecule has 0 bridgehead atoms. The van der Waals surface area contributed by atoms with E-state index in [4.69, 9.17) is 0 Å². The Morgan fingerprint density at radius 1 is 0.533 bits per heavy atom. The zero-order valence-electron chi connectivity index (χ0n) is 17.2. The van der Waals surface area contributed by atoms with E-state index in [-0.39, 0.29) is 5.25 Å². The van der Waals surface area contributed by atoms with E-state index in [1.54, 1.807) is 0 Å². The van der Waals surface area contributed by atoms with Crippen LogP contribution in [0, 0.1) is 0 Å². The number of benzene rings is 3. The smallest absolute Gasteiger partial charge is 0.181 e. The highest BCUT2D eigenvalue weighted by atomic mass is 32.2. The lowest BCUT2D eigenvalue weighted by molar-refractivity contribution is 0.483. The van der Waals surface area contributed by atoms with Gasteiger partial charge in [0, 0.05) is 0 Å². The van der Waals surface area contributed by atoms with E-state index in [0.717, 1.165) is 32.1 Å². The third-order valence-electron chi connectivity index (χ3n) is 6.97. The molecule has 0 saturated heterocycles. The Labute approximate surface area is 179 Å². The minimum atomic E-state index is -3.22. The number of sulfone groups is 1. The molecule has 3 aromatic carbocycles. The first-order chi connectivity index (χ1) is 14.7. The lowest BCUT2D eigenvalue weighted by Crippen LogP contribution is -2.24. The fourth-order valence-corrected chi connectivity index (χ4v) is 7.21. The summed E-state index contributed by atoms with van der Waals surface area (Å²) < 4.78 is 26.1. The van der Waals surface area contributed by atoms with E-state index in [1.165, 1.54) is 16.7 Å². The van der Waals surface area contributed by atoms with E-state index in [1.807, 2.05) is 12.1 Å². The lowest BCUT2D eigenvalue weighted by Gasteiger charge is -2.21. The van der Waals surface area contributed by atoms with Crippen LogP contribution in [-0.4, -0.2) is 13.7 Å². The largest absolute Gasteiger partial charge is 0.223 e. The molecule has 3 heteroatoms. The maximum atomic E-state index is 13.1. The maximum Gasteiger partial charge on any atom is 0.181 e. The Bertz CT molecular complexity index is 1040. The molecule has 2 fully saturated rings. The standard InChI is InChI=1S/C27H28O2S/c28-30(29,23-14-8-3-9-15-23)24-18-16-22(17-19-24)27-25(20-10-4-1-5-11-20)26(27)21-12-6-2-7-13-21/h1-2,4-7,10-13,16-19,23,25-27H,3,8-9,14-15H2. The predicted octanol–water partition coefficient (Wildman–Crippen LogP) is 6.46. The number of rotatable bonds is 5. The van der Waals surface area contributed by atoms with Gasteiger partial charge in [-0.1, -0.05) is 92.1 Å². The van der Waals surface area contributed by atoms with Crippen molar-refractivity contribution in [1.29, 1.82) is 0 Å². The molecule has 2 unspecified atom stereocenters. The molecule has 0 amide bonds. The van der Waals surface area contributed by atoms with Gasteiger partial charge in [0.25, 0.3) is 0 Å². The maximum absolute atomic E-state index is 13.1. The summed E-state index contributed by atoms with van der Waals surface area (Å²) in [6.07, 6.45) is 4.83. The van der Waals surface area contributed by atoms with Crippen molar-refractivity contribution in [2.24, 2.45) is 0 Å². The van der Waals surface area contributed by atoms with Gasteiger partial charge >= 0.3 is 0 Å². The molecule has 0 spiro atoms. The van der Waals surface area contributed by atoms with Crippen LogP contribution in [0.1, 0.15) is 66.5 Å². The van der Waals surface area contributed by atoms with Crippen LogP contribution in [0.4, 0.5) is 0 Å². The van der Waals surface area contributed by atoms with Gasteiger partial charge in [-0.3, -0.25) is 0 Å². The molecule has 2 atom stereocenters. The molecule has 2 nitrogen and oxygen atoms in total. The summed E-state index contributed by atoms with van der Waals surface area (Å²) in [5.74, 6) is 1.27. The minimum Gasteiger partial charge on any atom is -0.223 e. The molecule has 154 valence electrons. The average Bonchev–Trinajstić information content (AvgIpc) is 3.57. The van der Waals surface area contributed by atoms with Crippen LogP contribution < -0.4 is 0 Å². The molecule has 0 aromatic heterocycles. The van der Waals surface area contributed by atoms with E-state index in [2.05, 4.69) is 72.8 Å². The summed E-state index contributed by atoms with van der Waals surface area (Å²) in [5, 5.41) is -0.202. The topological polar surface area (TPSA) is 34.1 Å². The van der Waals surface area contributed by atoms with E-state index in [0.29, 0.717) is 22.6 Å². The van der Waals surface area contributed by atoms with Crippen LogP contribution in [0.15, 0.2) is 89.8 Å². The monoisotopic (exact) mass is 416 g/mol. The molecular formula is C27H28O2S. The molecule has 0 radical (unpaired) electrons. The first kappa shape index (κ1) is 19.6. The summed E-state index contributed by atoms with van der Waals surface area (Å²) in [6.45, 7) is 0. The SMILES string of the molecule is O=S(=O)(c1ccc(C2C(c3ccccc3)C2c2ccccc2)cc1)C1CCCCC1. The Kier molecular flexibility index (Phi) is 5.24. The van der Waals surface area contributed by atoms with Crippen LogP contribution in [-0.2, 0) is 9.84 Å². The number of hydrogen-bond donors (Lipinski definition) is 0. The van der Waals surface area contributed by atoms with Gasteiger partial charge in [0.15, 0.2) is 9.84 Å². The van der Waals surface area contributed by atoms with Crippen molar-refractivity contribution in [3.8, 4) is 0 Å². The van der Waals surface area contributed by atoms with Crippen LogP contribution in [0.25, 0.3) is 0 Å². The summed E-state index contributed by atoms with van der Waals surface area (Å²) in [4.78, 5) is 0.492. The van der Waals surface area contributed by atoms with Gasteiger partial charge in [0.05, 0.1) is 10.1 Å². The van der Waals surface area contributed by atoms with Crippen molar-refractivity contribution < 1.29 is 8.42 Å². The second kappa shape index (κ2) is 8.03. The van der Waals surface area contributed by atoms with Gasteiger partial charge in [0.1, 0.15) is 0 Å². The molecule has 2 aliphatic rings. The molecular weight excluding hydrogens is 388 g/mol. The normalized spacial score (nSPS) is 24.5. The summed E-state index contributed by atoms with van der Waals surface area (Å²) >= 11 is 0. The van der Waals surface area contributed by atoms with Crippen molar-refractivity contribution in [1.82, 2.24) is 0 Å². The van der Waals surface area contributed by atoms with Gasteiger partial charge in [0.2, 0.25) is 0 Å². The minimum absolute atomic E-state index is 0.202.